The fourth-order valence-electron chi connectivity index (χ4n) is 4.60. The van der Waals surface area contributed by atoms with E-state index in [-0.39, 0.29) is 0 Å². The molecule has 2 aliphatic heterocycles. The van der Waals surface area contributed by atoms with Crippen molar-refractivity contribution in [2.24, 2.45) is 11.8 Å². The Balaban J connectivity index is 1.62. The first kappa shape index (κ1) is 15.7. The van der Waals surface area contributed by atoms with Gasteiger partial charge in [-0.2, -0.15) is 0 Å². The molecule has 126 valence electrons. The predicted molar refractivity (Wildman–Crippen MR) is 97.1 cm³/mol. The minimum absolute atomic E-state index is 0.506. The molecule has 0 aromatic heterocycles. The van der Waals surface area contributed by atoms with E-state index in [0.29, 0.717) is 6.04 Å². The Hall–Kier alpha value is -1.84. The number of hydrogen-bond acceptors (Lipinski definition) is 3. The third-order valence-corrected chi connectivity index (χ3v) is 5.63. The van der Waals surface area contributed by atoms with Gasteiger partial charge in [-0.05, 0) is 42.1 Å². The summed E-state index contributed by atoms with van der Waals surface area (Å²) >= 11 is 0. The van der Waals surface area contributed by atoms with Crippen LogP contribution in [0.4, 0.5) is 0 Å². The van der Waals surface area contributed by atoms with E-state index in [0.717, 1.165) is 24.1 Å². The monoisotopic (exact) mass is 322 g/mol. The van der Waals surface area contributed by atoms with Crippen LogP contribution in [0, 0.1) is 11.8 Å². The number of benzene rings is 2. The molecular formula is C21H26N2O. The third kappa shape index (κ3) is 2.94. The molecule has 0 aliphatic carbocycles. The molecule has 2 aliphatic rings. The molecule has 0 spiro atoms. The molecule has 2 fully saturated rings. The van der Waals surface area contributed by atoms with Crippen LogP contribution in [0.5, 0.6) is 5.75 Å². The maximum atomic E-state index is 5.34. The van der Waals surface area contributed by atoms with Gasteiger partial charge in [-0.15, -0.1) is 0 Å². The molecule has 0 unspecified atom stereocenters. The highest BCUT2D eigenvalue weighted by Crippen LogP contribution is 2.45. The van der Waals surface area contributed by atoms with Gasteiger partial charge in [-0.1, -0.05) is 42.5 Å². The molecule has 0 radical (unpaired) electrons. The number of likely N-dealkylation sites (tertiary alicyclic amines) is 2. The number of nitrogens with zero attached hydrogens (tertiary/aromatic N) is 2. The lowest BCUT2D eigenvalue weighted by molar-refractivity contribution is 0.199. The first-order valence-corrected chi connectivity index (χ1v) is 8.85. The summed E-state index contributed by atoms with van der Waals surface area (Å²) in [5, 5.41) is 0. The van der Waals surface area contributed by atoms with Crippen LogP contribution in [0.15, 0.2) is 54.6 Å². The molecule has 2 aromatic carbocycles. The van der Waals surface area contributed by atoms with Crippen LogP contribution in [0.3, 0.4) is 0 Å². The van der Waals surface area contributed by atoms with Gasteiger partial charge in [0.2, 0.25) is 0 Å². The SMILES string of the molecule is COc1ccc([C@@H]2[C@@H]3CN(C)C[C@H]3CN2Cc2ccccc2)cc1. The van der Waals surface area contributed by atoms with Crippen LogP contribution < -0.4 is 4.74 Å². The second kappa shape index (κ2) is 6.58. The van der Waals surface area contributed by atoms with Gasteiger partial charge in [0, 0.05) is 32.2 Å². The Morgan fingerprint density at radius 2 is 1.71 bits per heavy atom. The van der Waals surface area contributed by atoms with Crippen molar-refractivity contribution in [1.82, 2.24) is 9.80 Å². The maximum absolute atomic E-state index is 5.34. The average Bonchev–Trinajstić information content (AvgIpc) is 3.11. The zero-order valence-electron chi connectivity index (χ0n) is 14.6. The van der Waals surface area contributed by atoms with E-state index in [1.807, 2.05) is 0 Å². The van der Waals surface area contributed by atoms with E-state index >= 15 is 0 Å². The third-order valence-electron chi connectivity index (χ3n) is 5.63. The number of fused-ring (bicyclic) bond motifs is 1. The molecule has 0 N–H and O–H groups in total. The van der Waals surface area contributed by atoms with Gasteiger partial charge in [0.1, 0.15) is 5.75 Å². The minimum Gasteiger partial charge on any atom is -0.497 e. The molecule has 2 saturated heterocycles. The van der Waals surface area contributed by atoms with Crippen LogP contribution >= 0.6 is 0 Å². The minimum atomic E-state index is 0.506. The van der Waals surface area contributed by atoms with E-state index in [2.05, 4.69) is 71.4 Å². The highest BCUT2D eigenvalue weighted by atomic mass is 16.5. The highest BCUT2D eigenvalue weighted by molar-refractivity contribution is 5.31. The van der Waals surface area contributed by atoms with Gasteiger partial charge in [-0.3, -0.25) is 4.90 Å². The van der Waals surface area contributed by atoms with Crippen molar-refractivity contribution >= 4 is 0 Å². The number of rotatable bonds is 4. The van der Waals surface area contributed by atoms with Crippen molar-refractivity contribution in [3.63, 3.8) is 0 Å². The van der Waals surface area contributed by atoms with E-state index in [1.165, 1.54) is 30.8 Å². The topological polar surface area (TPSA) is 15.7 Å². The van der Waals surface area contributed by atoms with Crippen molar-refractivity contribution in [3.8, 4) is 5.75 Å². The second-order valence-corrected chi connectivity index (χ2v) is 7.28. The largest absolute Gasteiger partial charge is 0.497 e. The molecule has 4 rings (SSSR count). The van der Waals surface area contributed by atoms with Crippen LogP contribution in [0.1, 0.15) is 17.2 Å². The van der Waals surface area contributed by atoms with Crippen molar-refractivity contribution in [1.29, 1.82) is 0 Å². The Bertz CT molecular complexity index is 670. The number of methoxy groups -OCH3 is 1. The van der Waals surface area contributed by atoms with Gasteiger partial charge in [0.25, 0.3) is 0 Å². The molecule has 24 heavy (non-hydrogen) atoms. The first-order chi connectivity index (χ1) is 11.7. The van der Waals surface area contributed by atoms with Gasteiger partial charge < -0.3 is 9.64 Å². The van der Waals surface area contributed by atoms with Crippen LogP contribution in [-0.2, 0) is 6.54 Å². The summed E-state index contributed by atoms with van der Waals surface area (Å²) < 4.78 is 5.34. The number of ether oxygens (including phenoxy) is 1. The summed E-state index contributed by atoms with van der Waals surface area (Å²) in [4.78, 5) is 5.17. The van der Waals surface area contributed by atoms with E-state index in [1.54, 1.807) is 7.11 Å². The Labute approximate surface area is 144 Å². The van der Waals surface area contributed by atoms with Gasteiger partial charge in [0.05, 0.1) is 7.11 Å². The van der Waals surface area contributed by atoms with Gasteiger partial charge in [-0.25, -0.2) is 0 Å². The van der Waals surface area contributed by atoms with Crippen molar-refractivity contribution < 1.29 is 4.74 Å². The molecule has 3 atom stereocenters. The van der Waals surface area contributed by atoms with Gasteiger partial charge in [0.15, 0.2) is 0 Å². The normalized spacial score (nSPS) is 27.3. The summed E-state index contributed by atoms with van der Waals surface area (Å²) in [7, 11) is 3.99. The smallest absolute Gasteiger partial charge is 0.118 e. The zero-order chi connectivity index (χ0) is 16.5. The summed E-state index contributed by atoms with van der Waals surface area (Å²) in [5.74, 6) is 2.45. The molecule has 0 bridgehead atoms. The lowest BCUT2D eigenvalue weighted by Gasteiger charge is -2.29. The van der Waals surface area contributed by atoms with E-state index < -0.39 is 0 Å². The summed E-state index contributed by atoms with van der Waals surface area (Å²) in [6.07, 6.45) is 0. The fourth-order valence-corrected chi connectivity index (χ4v) is 4.60. The maximum Gasteiger partial charge on any atom is 0.118 e. The standard InChI is InChI=1S/C21H26N2O/c1-22-13-18-14-23(12-16-6-4-3-5-7-16)21(20(18)15-22)17-8-10-19(24-2)11-9-17/h3-11,18,20-21H,12-15H2,1-2H3/t18-,20+,21+/m0/s1. The van der Waals surface area contributed by atoms with E-state index in [9.17, 15) is 0 Å². The van der Waals surface area contributed by atoms with Crippen molar-refractivity contribution in [2.45, 2.75) is 12.6 Å². The molecular weight excluding hydrogens is 296 g/mol. The summed E-state index contributed by atoms with van der Waals surface area (Å²) in [6.45, 7) is 4.66. The molecule has 0 amide bonds. The lowest BCUT2D eigenvalue weighted by Crippen LogP contribution is -2.29. The summed E-state index contributed by atoms with van der Waals surface area (Å²) in [5.41, 5.74) is 2.83. The zero-order valence-corrected chi connectivity index (χ0v) is 14.6. The van der Waals surface area contributed by atoms with Crippen molar-refractivity contribution in [2.75, 3.05) is 33.8 Å². The molecule has 0 saturated carbocycles. The average molecular weight is 322 g/mol. The predicted octanol–water partition coefficient (Wildman–Crippen LogP) is 3.43. The quantitative estimate of drug-likeness (QED) is 0.858. The fraction of sp³-hybridized carbons (Fsp3) is 0.429. The van der Waals surface area contributed by atoms with Crippen LogP contribution in [0.2, 0.25) is 0 Å². The first-order valence-electron chi connectivity index (χ1n) is 8.85. The number of hydrogen-bond donors (Lipinski definition) is 0. The molecule has 2 heterocycles. The Kier molecular flexibility index (Phi) is 4.30. The van der Waals surface area contributed by atoms with Crippen LogP contribution in [-0.4, -0.2) is 43.6 Å². The molecule has 2 aromatic rings. The molecule has 3 nitrogen and oxygen atoms in total. The Morgan fingerprint density at radius 3 is 2.42 bits per heavy atom. The van der Waals surface area contributed by atoms with E-state index in [4.69, 9.17) is 4.74 Å². The van der Waals surface area contributed by atoms with Gasteiger partial charge >= 0.3 is 0 Å². The lowest BCUT2D eigenvalue weighted by atomic mass is 9.89. The summed E-state index contributed by atoms with van der Waals surface area (Å²) in [6, 6.07) is 20.1. The second-order valence-electron chi connectivity index (χ2n) is 7.28. The Morgan fingerprint density at radius 1 is 0.958 bits per heavy atom. The highest BCUT2D eigenvalue weighted by Gasteiger charge is 2.46. The van der Waals surface area contributed by atoms with Crippen LogP contribution in [0.25, 0.3) is 0 Å². The molecule has 3 heteroatoms. The van der Waals surface area contributed by atoms with Crippen molar-refractivity contribution in [3.05, 3.63) is 65.7 Å².